The van der Waals surface area contributed by atoms with Crippen LogP contribution in [0.1, 0.15) is 5.56 Å². The lowest BCUT2D eigenvalue weighted by Gasteiger charge is -2.12. The Hall–Kier alpha value is -2.39. The molecule has 2 aromatic rings. The molecule has 7 heteroatoms. The molecule has 0 aliphatic heterocycles. The van der Waals surface area contributed by atoms with E-state index in [0.29, 0.717) is 11.3 Å². The molecular formula is C13H8ClF2N3O. The lowest BCUT2D eigenvalue weighted by Crippen LogP contribution is -2.05. The molecule has 0 aliphatic rings. The normalized spacial score (nSPS) is 10.2. The van der Waals surface area contributed by atoms with Gasteiger partial charge in [-0.1, -0.05) is 23.7 Å². The highest BCUT2D eigenvalue weighted by Gasteiger charge is 2.10. The Morgan fingerprint density at radius 1 is 1.30 bits per heavy atom. The summed E-state index contributed by atoms with van der Waals surface area (Å²) in [6.45, 7) is -2.93. The summed E-state index contributed by atoms with van der Waals surface area (Å²) in [7, 11) is 0. The standard InChI is InChI=1S/C13H8ClF2N3O/c14-11-5-8(7-17)6-12(19-11)18-9-3-1-2-4-10(9)20-13(15)16/h1-6,13H,(H,18,19). The van der Waals surface area contributed by atoms with Crippen LogP contribution >= 0.6 is 11.6 Å². The molecule has 0 atom stereocenters. The molecule has 0 spiro atoms. The van der Waals surface area contributed by atoms with Crippen molar-refractivity contribution in [3.05, 3.63) is 47.1 Å². The van der Waals surface area contributed by atoms with Crippen molar-refractivity contribution in [1.29, 1.82) is 5.26 Å². The number of benzene rings is 1. The summed E-state index contributed by atoms with van der Waals surface area (Å²) >= 11 is 5.77. The molecular weight excluding hydrogens is 288 g/mol. The highest BCUT2D eigenvalue weighted by molar-refractivity contribution is 6.29. The van der Waals surface area contributed by atoms with Crippen LogP contribution in [-0.4, -0.2) is 11.6 Å². The fourth-order valence-electron chi connectivity index (χ4n) is 1.53. The Balaban J connectivity index is 2.30. The number of ether oxygens (including phenoxy) is 1. The summed E-state index contributed by atoms with van der Waals surface area (Å²) in [5.41, 5.74) is 0.603. The molecule has 0 fully saturated rings. The number of anilines is 2. The van der Waals surface area contributed by atoms with Crippen molar-refractivity contribution in [2.45, 2.75) is 6.61 Å². The third kappa shape index (κ3) is 3.56. The molecule has 0 amide bonds. The summed E-state index contributed by atoms with van der Waals surface area (Å²) < 4.78 is 29.0. The first-order valence-electron chi connectivity index (χ1n) is 5.47. The van der Waals surface area contributed by atoms with E-state index in [1.54, 1.807) is 18.2 Å². The third-order valence-corrected chi connectivity index (χ3v) is 2.48. The fourth-order valence-corrected chi connectivity index (χ4v) is 1.74. The Kier molecular flexibility index (Phi) is 4.33. The number of hydrogen-bond acceptors (Lipinski definition) is 4. The van der Waals surface area contributed by atoms with Crippen molar-refractivity contribution < 1.29 is 13.5 Å². The van der Waals surface area contributed by atoms with Gasteiger partial charge in [-0.15, -0.1) is 0 Å². The van der Waals surface area contributed by atoms with Crippen molar-refractivity contribution in [3.63, 3.8) is 0 Å². The molecule has 2 rings (SSSR count). The van der Waals surface area contributed by atoms with E-state index in [-0.39, 0.29) is 16.7 Å². The SMILES string of the molecule is N#Cc1cc(Cl)nc(Nc2ccccc2OC(F)F)c1. The first-order valence-corrected chi connectivity index (χ1v) is 5.85. The van der Waals surface area contributed by atoms with Crippen LogP contribution in [0, 0.1) is 11.3 Å². The van der Waals surface area contributed by atoms with Crippen LogP contribution in [0.4, 0.5) is 20.3 Å². The minimum Gasteiger partial charge on any atom is -0.433 e. The molecule has 102 valence electrons. The third-order valence-electron chi connectivity index (χ3n) is 2.29. The van der Waals surface area contributed by atoms with E-state index in [9.17, 15) is 8.78 Å². The number of nitrogens with zero attached hydrogens (tertiary/aromatic N) is 2. The van der Waals surface area contributed by atoms with Crippen LogP contribution < -0.4 is 10.1 Å². The van der Waals surface area contributed by atoms with Crippen LogP contribution in [0.2, 0.25) is 5.15 Å². The first kappa shape index (κ1) is 14.0. The number of alkyl halides is 2. The quantitative estimate of drug-likeness (QED) is 0.868. The van der Waals surface area contributed by atoms with Gasteiger partial charge in [0.2, 0.25) is 0 Å². The van der Waals surface area contributed by atoms with E-state index in [0.717, 1.165) is 0 Å². The number of nitriles is 1. The molecule has 0 saturated heterocycles. The maximum Gasteiger partial charge on any atom is 0.387 e. The summed E-state index contributed by atoms with van der Waals surface area (Å²) in [5, 5.41) is 11.8. The monoisotopic (exact) mass is 295 g/mol. The summed E-state index contributed by atoms with van der Waals surface area (Å²) in [6, 6.07) is 10.9. The van der Waals surface area contributed by atoms with Crippen molar-refractivity contribution in [3.8, 4) is 11.8 Å². The van der Waals surface area contributed by atoms with Crippen molar-refractivity contribution in [2.75, 3.05) is 5.32 Å². The van der Waals surface area contributed by atoms with Crippen molar-refractivity contribution in [2.24, 2.45) is 0 Å². The summed E-state index contributed by atoms with van der Waals surface area (Å²) in [4.78, 5) is 3.96. The molecule has 0 bridgehead atoms. The Labute approximate surface area is 118 Å². The summed E-state index contributed by atoms with van der Waals surface area (Å²) in [5.74, 6) is 0.238. The van der Waals surface area contributed by atoms with Gasteiger partial charge in [-0.25, -0.2) is 4.98 Å². The number of aromatic nitrogens is 1. The maximum absolute atomic E-state index is 12.3. The van der Waals surface area contributed by atoms with Crippen LogP contribution in [0.3, 0.4) is 0 Å². The van der Waals surface area contributed by atoms with Gasteiger partial charge < -0.3 is 10.1 Å². The second-order valence-corrected chi connectivity index (χ2v) is 4.06. The van der Waals surface area contributed by atoms with Crippen LogP contribution in [-0.2, 0) is 0 Å². The average molecular weight is 296 g/mol. The molecule has 1 N–H and O–H groups in total. The number of nitrogens with one attached hydrogen (secondary N) is 1. The van der Waals surface area contributed by atoms with Gasteiger partial charge in [0.25, 0.3) is 0 Å². The average Bonchev–Trinajstić information content (AvgIpc) is 2.39. The largest absolute Gasteiger partial charge is 0.433 e. The topological polar surface area (TPSA) is 57.9 Å². The van der Waals surface area contributed by atoms with Gasteiger partial charge in [0.1, 0.15) is 16.7 Å². The number of pyridine rings is 1. The maximum atomic E-state index is 12.3. The molecule has 4 nitrogen and oxygen atoms in total. The zero-order valence-corrected chi connectivity index (χ0v) is 10.7. The van der Waals surface area contributed by atoms with Crippen LogP contribution in [0.15, 0.2) is 36.4 Å². The van der Waals surface area contributed by atoms with E-state index in [2.05, 4.69) is 15.0 Å². The number of hydrogen-bond donors (Lipinski definition) is 1. The molecule has 1 aromatic carbocycles. The number of halogens is 3. The molecule has 1 aromatic heterocycles. The number of para-hydroxylation sites is 2. The van der Waals surface area contributed by atoms with Crippen LogP contribution in [0.5, 0.6) is 5.75 Å². The van der Waals surface area contributed by atoms with E-state index in [4.69, 9.17) is 16.9 Å². The molecule has 0 unspecified atom stereocenters. The minimum atomic E-state index is -2.93. The Morgan fingerprint density at radius 2 is 2.05 bits per heavy atom. The highest BCUT2D eigenvalue weighted by atomic mass is 35.5. The predicted octanol–water partition coefficient (Wildman–Crippen LogP) is 3.95. The van der Waals surface area contributed by atoms with Gasteiger partial charge in [-0.05, 0) is 24.3 Å². The van der Waals surface area contributed by atoms with Gasteiger partial charge in [-0.2, -0.15) is 14.0 Å². The van der Waals surface area contributed by atoms with Gasteiger partial charge >= 0.3 is 6.61 Å². The Morgan fingerprint density at radius 3 is 2.75 bits per heavy atom. The molecule has 1 heterocycles. The van der Waals surface area contributed by atoms with Gasteiger partial charge in [0.05, 0.1) is 17.3 Å². The van der Waals surface area contributed by atoms with Crippen LogP contribution in [0.25, 0.3) is 0 Å². The summed E-state index contributed by atoms with van der Waals surface area (Å²) in [6.07, 6.45) is 0. The lowest BCUT2D eigenvalue weighted by atomic mass is 10.2. The minimum absolute atomic E-state index is 0.0252. The highest BCUT2D eigenvalue weighted by Crippen LogP contribution is 2.28. The second-order valence-electron chi connectivity index (χ2n) is 3.68. The number of rotatable bonds is 4. The molecule has 0 aliphatic carbocycles. The second kappa shape index (κ2) is 6.17. The molecule has 0 radical (unpaired) electrons. The first-order chi connectivity index (χ1) is 9.58. The van der Waals surface area contributed by atoms with E-state index >= 15 is 0 Å². The fraction of sp³-hybridized carbons (Fsp3) is 0.0769. The van der Waals surface area contributed by atoms with Gasteiger partial charge in [-0.3, -0.25) is 0 Å². The van der Waals surface area contributed by atoms with E-state index in [1.807, 2.05) is 6.07 Å². The van der Waals surface area contributed by atoms with Crippen molar-refractivity contribution in [1.82, 2.24) is 4.98 Å². The van der Waals surface area contributed by atoms with E-state index < -0.39 is 6.61 Å². The molecule has 0 saturated carbocycles. The van der Waals surface area contributed by atoms with Gasteiger partial charge in [0.15, 0.2) is 0 Å². The lowest BCUT2D eigenvalue weighted by molar-refractivity contribution is -0.0493. The zero-order valence-electron chi connectivity index (χ0n) is 9.98. The predicted molar refractivity (Wildman–Crippen MR) is 70.3 cm³/mol. The molecule has 20 heavy (non-hydrogen) atoms. The smallest absolute Gasteiger partial charge is 0.387 e. The zero-order chi connectivity index (χ0) is 14.5. The van der Waals surface area contributed by atoms with E-state index in [1.165, 1.54) is 18.2 Å². The van der Waals surface area contributed by atoms with Gasteiger partial charge in [0, 0.05) is 0 Å². The van der Waals surface area contributed by atoms with Crippen molar-refractivity contribution >= 4 is 23.1 Å². The Bertz CT molecular complexity index is 658.